The molecule has 1 saturated carbocycles. The number of piperazine rings is 1. The summed E-state index contributed by atoms with van der Waals surface area (Å²) >= 11 is 0. The molecule has 0 unspecified atom stereocenters. The molecule has 0 radical (unpaired) electrons. The van der Waals surface area contributed by atoms with Crippen molar-refractivity contribution in [2.75, 3.05) is 41.7 Å². The number of aromatic nitrogens is 1. The summed E-state index contributed by atoms with van der Waals surface area (Å²) in [5, 5.41) is 6.92. The summed E-state index contributed by atoms with van der Waals surface area (Å²) in [5.74, 6) is 0.339. The van der Waals surface area contributed by atoms with Crippen LogP contribution in [0.25, 0.3) is 0 Å². The third kappa shape index (κ3) is 4.98. The van der Waals surface area contributed by atoms with Crippen molar-refractivity contribution in [3.05, 3.63) is 78.0 Å². The Morgan fingerprint density at radius 2 is 1.69 bits per heavy atom. The molecule has 1 aliphatic heterocycles. The first-order chi connectivity index (χ1) is 17.5. The van der Waals surface area contributed by atoms with Crippen LogP contribution in [0.15, 0.2) is 66.9 Å². The Balaban J connectivity index is 1.28. The highest BCUT2D eigenvalue weighted by Crippen LogP contribution is 2.48. The number of nitrogens with one attached hydrogen (secondary N) is 2. The zero-order chi connectivity index (χ0) is 25.1. The van der Waals surface area contributed by atoms with Crippen molar-refractivity contribution >= 4 is 34.7 Å². The fraction of sp³-hybridized carbons (Fsp3) is 0.321. The second-order valence-corrected chi connectivity index (χ2v) is 9.45. The second kappa shape index (κ2) is 9.89. The highest BCUT2D eigenvalue weighted by molar-refractivity contribution is 5.99. The summed E-state index contributed by atoms with van der Waals surface area (Å²) in [6.07, 6.45) is 4.06. The highest BCUT2D eigenvalue weighted by atomic mass is 16.2. The van der Waals surface area contributed by atoms with Crippen molar-refractivity contribution < 1.29 is 9.59 Å². The lowest BCUT2D eigenvalue weighted by atomic mass is 10.0. The van der Waals surface area contributed by atoms with Gasteiger partial charge in [-0.3, -0.25) is 9.59 Å². The predicted octanol–water partition coefficient (Wildman–Crippen LogP) is 4.08. The van der Waals surface area contributed by atoms with Gasteiger partial charge in [-0.2, -0.15) is 0 Å². The van der Waals surface area contributed by atoms with Crippen molar-refractivity contribution in [3.8, 4) is 0 Å². The lowest BCUT2D eigenvalue weighted by Crippen LogP contribution is -2.48. The minimum Gasteiger partial charge on any atom is -0.375 e. The van der Waals surface area contributed by atoms with Crippen LogP contribution in [-0.2, 0) is 10.3 Å². The number of rotatable bonds is 8. The lowest BCUT2D eigenvalue weighted by molar-refractivity contribution is -0.131. The number of amides is 2. The van der Waals surface area contributed by atoms with Crippen LogP contribution in [0.5, 0.6) is 0 Å². The Bertz CT molecular complexity index is 1230. The number of carbonyl (C=O) groups is 2. The van der Waals surface area contributed by atoms with Crippen LogP contribution in [-0.4, -0.2) is 47.9 Å². The summed E-state index contributed by atoms with van der Waals surface area (Å²) in [7, 11) is 0. The van der Waals surface area contributed by atoms with E-state index in [0.29, 0.717) is 23.5 Å². The molecule has 5 rings (SSSR count). The van der Waals surface area contributed by atoms with Gasteiger partial charge in [0, 0.05) is 56.2 Å². The Hall–Kier alpha value is -4.07. The number of carbonyl (C=O) groups excluding carboxylic acids is 2. The van der Waals surface area contributed by atoms with E-state index in [2.05, 4.69) is 44.8 Å². The molecular formula is C28H32N6O2. The second-order valence-electron chi connectivity index (χ2n) is 9.45. The van der Waals surface area contributed by atoms with Gasteiger partial charge in [-0.1, -0.05) is 37.3 Å². The summed E-state index contributed by atoms with van der Waals surface area (Å²) in [4.78, 5) is 32.7. The quantitative estimate of drug-likeness (QED) is 0.445. The average molecular weight is 485 g/mol. The molecule has 2 heterocycles. The molecule has 2 aromatic carbocycles. The first-order valence-electron chi connectivity index (χ1n) is 12.5. The summed E-state index contributed by atoms with van der Waals surface area (Å²) < 4.78 is 0. The average Bonchev–Trinajstić information content (AvgIpc) is 3.70. The van der Waals surface area contributed by atoms with Crippen LogP contribution < -0.4 is 21.3 Å². The van der Waals surface area contributed by atoms with Crippen molar-refractivity contribution in [2.45, 2.75) is 31.7 Å². The van der Waals surface area contributed by atoms with Crippen LogP contribution in [0.2, 0.25) is 0 Å². The van der Waals surface area contributed by atoms with E-state index in [0.717, 1.165) is 50.4 Å². The maximum atomic E-state index is 12.1. The first-order valence-corrected chi connectivity index (χ1v) is 12.5. The van der Waals surface area contributed by atoms with Gasteiger partial charge >= 0.3 is 0 Å². The van der Waals surface area contributed by atoms with Gasteiger partial charge in [0.1, 0.15) is 5.82 Å². The Labute approximate surface area is 211 Å². The van der Waals surface area contributed by atoms with Gasteiger partial charge in [0.15, 0.2) is 0 Å². The predicted molar refractivity (Wildman–Crippen MR) is 143 cm³/mol. The van der Waals surface area contributed by atoms with E-state index < -0.39 is 5.91 Å². The topological polar surface area (TPSA) is 104 Å². The van der Waals surface area contributed by atoms with Crippen LogP contribution in [0.1, 0.15) is 42.1 Å². The van der Waals surface area contributed by atoms with Crippen molar-refractivity contribution in [2.24, 2.45) is 5.73 Å². The van der Waals surface area contributed by atoms with Gasteiger partial charge in [0.2, 0.25) is 5.91 Å². The van der Waals surface area contributed by atoms with Crippen molar-refractivity contribution in [3.63, 3.8) is 0 Å². The summed E-state index contributed by atoms with van der Waals surface area (Å²) in [5.41, 5.74) is 9.74. The highest BCUT2D eigenvalue weighted by Gasteiger charge is 2.44. The Kier molecular flexibility index (Phi) is 6.50. The number of benzene rings is 2. The monoisotopic (exact) mass is 484 g/mol. The standard InChI is InChI=1S/C28H32N6O2/c1-2-26(35)34-16-14-33(15-17-34)22-10-8-21(9-11-22)31-25-18-24(23(19-30-25)27(29)36)32-28(12-13-28)20-6-4-3-5-7-20/h3-11,18-19H,2,12-17H2,1H3,(H2,29,36)(H2,30,31,32). The number of nitrogens with two attached hydrogens (primary N) is 1. The molecule has 36 heavy (non-hydrogen) atoms. The fourth-order valence-electron chi connectivity index (χ4n) is 4.79. The number of nitrogens with zero attached hydrogens (tertiary/aromatic N) is 3. The van der Waals surface area contributed by atoms with Crippen LogP contribution in [0, 0.1) is 0 Å². The van der Waals surface area contributed by atoms with Crippen molar-refractivity contribution in [1.82, 2.24) is 9.88 Å². The normalized spacial score (nSPS) is 16.4. The molecule has 8 heteroatoms. The number of pyridine rings is 1. The van der Waals surface area contributed by atoms with E-state index >= 15 is 0 Å². The van der Waals surface area contributed by atoms with E-state index in [9.17, 15) is 9.59 Å². The van der Waals surface area contributed by atoms with Gasteiger partial charge in [0.05, 0.1) is 16.8 Å². The molecular weight excluding hydrogens is 452 g/mol. The van der Waals surface area contributed by atoms with Gasteiger partial charge in [0.25, 0.3) is 5.91 Å². The molecule has 186 valence electrons. The van der Waals surface area contributed by atoms with E-state index in [1.165, 1.54) is 11.8 Å². The summed E-state index contributed by atoms with van der Waals surface area (Å²) in [6.45, 7) is 5.06. The van der Waals surface area contributed by atoms with Crippen molar-refractivity contribution in [1.29, 1.82) is 0 Å². The molecule has 2 aliphatic rings. The fourth-order valence-corrected chi connectivity index (χ4v) is 4.79. The number of primary amides is 1. The van der Waals surface area contributed by atoms with E-state index in [-0.39, 0.29) is 11.4 Å². The molecule has 0 spiro atoms. The smallest absolute Gasteiger partial charge is 0.252 e. The molecule has 3 aromatic rings. The van der Waals surface area contributed by atoms with Crippen LogP contribution in [0.4, 0.5) is 22.9 Å². The molecule has 1 aliphatic carbocycles. The van der Waals surface area contributed by atoms with Gasteiger partial charge in [-0.15, -0.1) is 0 Å². The van der Waals surface area contributed by atoms with Gasteiger partial charge in [-0.25, -0.2) is 4.98 Å². The molecule has 2 fully saturated rings. The van der Waals surface area contributed by atoms with Crippen LogP contribution in [0.3, 0.4) is 0 Å². The van der Waals surface area contributed by atoms with E-state index in [1.54, 1.807) is 0 Å². The van der Waals surface area contributed by atoms with Crippen LogP contribution >= 0.6 is 0 Å². The third-order valence-corrected chi connectivity index (χ3v) is 7.06. The molecule has 0 atom stereocenters. The van der Waals surface area contributed by atoms with Gasteiger partial charge < -0.3 is 26.2 Å². The SMILES string of the molecule is CCC(=O)N1CCN(c2ccc(Nc3cc(NC4(c5ccccc5)CC4)c(C(N)=O)cn3)cc2)CC1. The third-order valence-electron chi connectivity index (χ3n) is 7.06. The Morgan fingerprint density at radius 1 is 1.00 bits per heavy atom. The van der Waals surface area contributed by atoms with E-state index in [1.807, 2.05) is 48.2 Å². The Morgan fingerprint density at radius 3 is 2.31 bits per heavy atom. The van der Waals surface area contributed by atoms with Gasteiger partial charge in [-0.05, 0) is 42.7 Å². The maximum Gasteiger partial charge on any atom is 0.252 e. The largest absolute Gasteiger partial charge is 0.375 e. The zero-order valence-electron chi connectivity index (χ0n) is 20.5. The molecule has 0 bridgehead atoms. The van der Waals surface area contributed by atoms with E-state index in [4.69, 9.17) is 5.73 Å². The molecule has 1 saturated heterocycles. The molecule has 1 aromatic heterocycles. The number of anilines is 4. The molecule has 4 N–H and O–H groups in total. The molecule has 2 amide bonds. The lowest BCUT2D eigenvalue weighted by Gasteiger charge is -2.36. The summed E-state index contributed by atoms with van der Waals surface area (Å²) in [6, 6.07) is 20.3. The minimum absolute atomic E-state index is 0.183. The zero-order valence-corrected chi connectivity index (χ0v) is 20.5. The number of hydrogen-bond acceptors (Lipinski definition) is 6. The first kappa shape index (κ1) is 23.7. The minimum atomic E-state index is -0.509. The number of hydrogen-bond donors (Lipinski definition) is 3. The molecule has 8 nitrogen and oxygen atoms in total. The maximum absolute atomic E-state index is 12.1.